The first-order valence-corrected chi connectivity index (χ1v) is 5.97. The SMILES string of the molecule is Cc1ccc2onc(NCc3ccccc3)c2c1. The lowest BCUT2D eigenvalue weighted by Gasteiger charge is -2.02. The number of nitrogens with zero attached hydrogens (tertiary/aromatic N) is 1. The second-order valence-corrected chi connectivity index (χ2v) is 4.37. The van der Waals surface area contributed by atoms with E-state index < -0.39 is 0 Å². The number of hydrogen-bond acceptors (Lipinski definition) is 3. The Labute approximate surface area is 105 Å². The number of benzene rings is 2. The largest absolute Gasteiger partial charge is 0.363 e. The van der Waals surface area contributed by atoms with Gasteiger partial charge in [0.05, 0.1) is 5.39 Å². The van der Waals surface area contributed by atoms with Crippen molar-refractivity contribution in [1.29, 1.82) is 0 Å². The minimum absolute atomic E-state index is 0.746. The maximum Gasteiger partial charge on any atom is 0.177 e. The minimum Gasteiger partial charge on any atom is -0.363 e. The summed E-state index contributed by atoms with van der Waals surface area (Å²) in [5.41, 5.74) is 3.24. The topological polar surface area (TPSA) is 38.1 Å². The fourth-order valence-electron chi connectivity index (χ4n) is 1.96. The van der Waals surface area contributed by atoms with Crippen molar-refractivity contribution in [3.8, 4) is 0 Å². The van der Waals surface area contributed by atoms with Gasteiger partial charge in [0.15, 0.2) is 11.4 Å². The molecule has 0 radical (unpaired) electrons. The van der Waals surface area contributed by atoms with Crippen LogP contribution in [-0.4, -0.2) is 5.16 Å². The number of anilines is 1. The van der Waals surface area contributed by atoms with E-state index in [0.717, 1.165) is 23.3 Å². The molecule has 0 aliphatic carbocycles. The molecule has 18 heavy (non-hydrogen) atoms. The van der Waals surface area contributed by atoms with Crippen molar-refractivity contribution in [2.75, 3.05) is 5.32 Å². The van der Waals surface area contributed by atoms with Gasteiger partial charge in [-0.25, -0.2) is 0 Å². The lowest BCUT2D eigenvalue weighted by atomic mass is 10.2. The Balaban J connectivity index is 1.85. The van der Waals surface area contributed by atoms with Crippen LogP contribution in [0.1, 0.15) is 11.1 Å². The molecule has 0 spiro atoms. The molecule has 0 saturated heterocycles. The second kappa shape index (κ2) is 4.53. The first-order chi connectivity index (χ1) is 8.83. The minimum atomic E-state index is 0.746. The summed E-state index contributed by atoms with van der Waals surface area (Å²) in [6.45, 7) is 2.81. The molecule has 0 saturated carbocycles. The number of fused-ring (bicyclic) bond motifs is 1. The van der Waals surface area contributed by atoms with Gasteiger partial charge in [-0.2, -0.15) is 0 Å². The van der Waals surface area contributed by atoms with Crippen LogP contribution in [0, 0.1) is 6.92 Å². The summed E-state index contributed by atoms with van der Waals surface area (Å²) in [6, 6.07) is 16.3. The van der Waals surface area contributed by atoms with Crippen molar-refractivity contribution >= 4 is 16.8 Å². The van der Waals surface area contributed by atoms with Crippen LogP contribution < -0.4 is 5.32 Å². The van der Waals surface area contributed by atoms with Crippen molar-refractivity contribution in [2.45, 2.75) is 13.5 Å². The summed E-state index contributed by atoms with van der Waals surface area (Å²) in [7, 11) is 0. The second-order valence-electron chi connectivity index (χ2n) is 4.37. The highest BCUT2D eigenvalue weighted by atomic mass is 16.5. The number of hydrogen-bond donors (Lipinski definition) is 1. The zero-order chi connectivity index (χ0) is 12.4. The van der Waals surface area contributed by atoms with Gasteiger partial charge in [-0.05, 0) is 24.6 Å². The van der Waals surface area contributed by atoms with Crippen LogP contribution in [0.15, 0.2) is 53.1 Å². The molecule has 90 valence electrons. The molecule has 1 N–H and O–H groups in total. The average Bonchev–Trinajstić information content (AvgIpc) is 2.80. The summed E-state index contributed by atoms with van der Waals surface area (Å²) in [6.07, 6.45) is 0. The molecule has 1 heterocycles. The molecule has 0 bridgehead atoms. The Morgan fingerprint density at radius 3 is 2.78 bits per heavy atom. The third-order valence-corrected chi connectivity index (χ3v) is 2.93. The molecule has 0 amide bonds. The zero-order valence-electron chi connectivity index (χ0n) is 10.2. The molecule has 3 nitrogen and oxygen atoms in total. The van der Waals surface area contributed by atoms with Gasteiger partial charge in [-0.3, -0.25) is 0 Å². The number of aryl methyl sites for hydroxylation is 1. The number of nitrogens with one attached hydrogen (secondary N) is 1. The number of rotatable bonds is 3. The van der Waals surface area contributed by atoms with Crippen LogP contribution in [0.4, 0.5) is 5.82 Å². The molecule has 3 heteroatoms. The van der Waals surface area contributed by atoms with E-state index in [-0.39, 0.29) is 0 Å². The highest BCUT2D eigenvalue weighted by Crippen LogP contribution is 2.24. The number of aromatic nitrogens is 1. The fourth-order valence-corrected chi connectivity index (χ4v) is 1.96. The van der Waals surface area contributed by atoms with Crippen molar-refractivity contribution < 1.29 is 4.52 Å². The summed E-state index contributed by atoms with van der Waals surface area (Å²) in [4.78, 5) is 0. The summed E-state index contributed by atoms with van der Waals surface area (Å²) < 4.78 is 5.28. The van der Waals surface area contributed by atoms with Gasteiger partial charge in [0.2, 0.25) is 0 Å². The molecular formula is C15H14N2O. The highest BCUT2D eigenvalue weighted by molar-refractivity contribution is 5.88. The van der Waals surface area contributed by atoms with Crippen LogP contribution >= 0.6 is 0 Å². The molecule has 0 atom stereocenters. The van der Waals surface area contributed by atoms with Gasteiger partial charge < -0.3 is 9.84 Å². The highest BCUT2D eigenvalue weighted by Gasteiger charge is 2.07. The Morgan fingerprint density at radius 1 is 1.11 bits per heavy atom. The smallest absolute Gasteiger partial charge is 0.177 e. The van der Waals surface area contributed by atoms with Crippen LogP contribution in [0.5, 0.6) is 0 Å². The van der Waals surface area contributed by atoms with E-state index in [1.165, 1.54) is 11.1 Å². The predicted octanol–water partition coefficient (Wildman–Crippen LogP) is 3.75. The van der Waals surface area contributed by atoms with Crippen LogP contribution in [-0.2, 0) is 6.54 Å². The Hall–Kier alpha value is -2.29. The summed E-state index contributed by atoms with van der Waals surface area (Å²) in [5, 5.41) is 8.40. The Kier molecular flexibility index (Phi) is 2.73. The van der Waals surface area contributed by atoms with E-state index in [4.69, 9.17) is 4.52 Å². The first-order valence-electron chi connectivity index (χ1n) is 5.97. The van der Waals surface area contributed by atoms with Gasteiger partial charge in [-0.1, -0.05) is 47.1 Å². The molecule has 1 aromatic heterocycles. The molecule has 2 aromatic carbocycles. The van der Waals surface area contributed by atoms with E-state index in [1.807, 2.05) is 30.3 Å². The van der Waals surface area contributed by atoms with E-state index in [9.17, 15) is 0 Å². The normalized spacial score (nSPS) is 10.7. The van der Waals surface area contributed by atoms with Gasteiger partial charge in [0.25, 0.3) is 0 Å². The summed E-state index contributed by atoms with van der Waals surface area (Å²) in [5.74, 6) is 0.803. The van der Waals surface area contributed by atoms with Crippen LogP contribution in [0.2, 0.25) is 0 Å². The van der Waals surface area contributed by atoms with Crippen molar-refractivity contribution in [3.05, 3.63) is 59.7 Å². The molecule has 0 aliphatic rings. The molecule has 3 rings (SSSR count). The van der Waals surface area contributed by atoms with E-state index in [1.54, 1.807) is 0 Å². The lowest BCUT2D eigenvalue weighted by molar-refractivity contribution is 0.459. The lowest BCUT2D eigenvalue weighted by Crippen LogP contribution is -1.99. The fraction of sp³-hybridized carbons (Fsp3) is 0.133. The molecular weight excluding hydrogens is 224 g/mol. The third-order valence-electron chi connectivity index (χ3n) is 2.93. The van der Waals surface area contributed by atoms with E-state index in [2.05, 4.69) is 35.6 Å². The molecule has 0 aliphatic heterocycles. The maximum absolute atomic E-state index is 5.28. The van der Waals surface area contributed by atoms with Gasteiger partial charge in [0, 0.05) is 6.54 Å². The standard InChI is InChI=1S/C15H14N2O/c1-11-7-8-14-13(9-11)15(17-18-14)16-10-12-5-3-2-4-6-12/h2-9H,10H2,1H3,(H,16,17). The predicted molar refractivity (Wildman–Crippen MR) is 72.5 cm³/mol. The maximum atomic E-state index is 5.28. The van der Waals surface area contributed by atoms with Crippen molar-refractivity contribution in [3.63, 3.8) is 0 Å². The quantitative estimate of drug-likeness (QED) is 0.755. The van der Waals surface area contributed by atoms with Crippen LogP contribution in [0.3, 0.4) is 0 Å². The van der Waals surface area contributed by atoms with Crippen LogP contribution in [0.25, 0.3) is 11.0 Å². The Morgan fingerprint density at radius 2 is 1.94 bits per heavy atom. The average molecular weight is 238 g/mol. The Bertz CT molecular complexity index is 659. The third kappa shape index (κ3) is 2.07. The van der Waals surface area contributed by atoms with Gasteiger partial charge in [0.1, 0.15) is 0 Å². The van der Waals surface area contributed by atoms with E-state index >= 15 is 0 Å². The molecule has 3 aromatic rings. The van der Waals surface area contributed by atoms with Crippen molar-refractivity contribution in [1.82, 2.24) is 5.16 Å². The van der Waals surface area contributed by atoms with Gasteiger partial charge >= 0.3 is 0 Å². The molecule has 0 fully saturated rings. The monoisotopic (exact) mass is 238 g/mol. The molecule has 0 unspecified atom stereocenters. The first kappa shape index (κ1) is 10.8. The summed E-state index contributed by atoms with van der Waals surface area (Å²) >= 11 is 0. The van der Waals surface area contributed by atoms with E-state index in [0.29, 0.717) is 0 Å². The van der Waals surface area contributed by atoms with Crippen molar-refractivity contribution in [2.24, 2.45) is 0 Å². The van der Waals surface area contributed by atoms with Gasteiger partial charge in [-0.15, -0.1) is 0 Å². The zero-order valence-corrected chi connectivity index (χ0v) is 10.2.